The van der Waals surface area contributed by atoms with Crippen LogP contribution in [-0.4, -0.2) is 11.0 Å². The number of pyridine rings is 1. The van der Waals surface area contributed by atoms with Gasteiger partial charge in [0, 0.05) is 17.9 Å². The van der Waals surface area contributed by atoms with Crippen molar-refractivity contribution in [1.29, 1.82) is 0 Å². The third-order valence-corrected chi connectivity index (χ3v) is 5.36. The largest absolute Gasteiger partial charge is 0.337 e. The molecule has 110 valence electrons. The van der Waals surface area contributed by atoms with Gasteiger partial charge in [0.2, 0.25) is 0 Å². The molecular formula is C17H18BrClN2. The molecule has 2 aromatic rings. The maximum atomic E-state index is 6.20. The van der Waals surface area contributed by atoms with Crippen LogP contribution in [0.4, 0.5) is 11.4 Å². The van der Waals surface area contributed by atoms with Crippen LogP contribution in [0.25, 0.3) is 0 Å². The fourth-order valence-corrected chi connectivity index (χ4v) is 3.65. The number of halogens is 2. The molecule has 0 spiro atoms. The number of benzene rings is 1. The van der Waals surface area contributed by atoms with Gasteiger partial charge in [-0.1, -0.05) is 49.1 Å². The van der Waals surface area contributed by atoms with Crippen molar-refractivity contribution in [3.05, 3.63) is 52.2 Å². The quantitative estimate of drug-likeness (QED) is 0.623. The summed E-state index contributed by atoms with van der Waals surface area (Å²) in [6.07, 6.45) is 8.16. The minimum absolute atomic E-state index is 0.518. The number of aromatic nitrogens is 1. The fraction of sp³-hybridized carbons (Fsp3) is 0.353. The van der Waals surface area contributed by atoms with Crippen LogP contribution in [0.15, 0.2) is 47.1 Å². The summed E-state index contributed by atoms with van der Waals surface area (Å²) in [6, 6.07) is 13.1. The summed E-state index contributed by atoms with van der Waals surface area (Å²) in [6.45, 7) is 0. The number of nitrogens with zero attached hydrogens (tertiary/aromatic N) is 2. The van der Waals surface area contributed by atoms with E-state index in [0.29, 0.717) is 11.2 Å². The number of hydrogen-bond donors (Lipinski definition) is 0. The SMILES string of the molecule is Clc1nccc(N(c2ccccc2)C2CCCCC2)c1Br. The van der Waals surface area contributed by atoms with Gasteiger partial charge in [0.1, 0.15) is 5.15 Å². The molecule has 1 aromatic heterocycles. The van der Waals surface area contributed by atoms with Crippen LogP contribution in [0.3, 0.4) is 0 Å². The van der Waals surface area contributed by atoms with E-state index in [9.17, 15) is 0 Å². The summed E-state index contributed by atoms with van der Waals surface area (Å²) >= 11 is 9.81. The molecule has 21 heavy (non-hydrogen) atoms. The van der Waals surface area contributed by atoms with Crippen molar-refractivity contribution in [2.45, 2.75) is 38.1 Å². The fourth-order valence-electron chi connectivity index (χ4n) is 3.07. The van der Waals surface area contributed by atoms with Gasteiger partial charge in [-0.3, -0.25) is 0 Å². The Morgan fingerprint density at radius 2 is 1.76 bits per heavy atom. The normalized spacial score (nSPS) is 15.9. The van der Waals surface area contributed by atoms with Crippen LogP contribution in [0.5, 0.6) is 0 Å². The first-order valence-electron chi connectivity index (χ1n) is 7.41. The van der Waals surface area contributed by atoms with E-state index in [2.05, 4.69) is 56.1 Å². The van der Waals surface area contributed by atoms with Crippen molar-refractivity contribution in [2.24, 2.45) is 0 Å². The van der Waals surface area contributed by atoms with Gasteiger partial charge in [0.25, 0.3) is 0 Å². The molecule has 0 radical (unpaired) electrons. The maximum absolute atomic E-state index is 6.20. The van der Waals surface area contributed by atoms with Gasteiger partial charge < -0.3 is 4.90 Å². The number of anilines is 2. The molecule has 0 N–H and O–H groups in total. The first kappa shape index (κ1) is 14.9. The van der Waals surface area contributed by atoms with Crippen LogP contribution >= 0.6 is 27.5 Å². The van der Waals surface area contributed by atoms with E-state index in [4.69, 9.17) is 11.6 Å². The Morgan fingerprint density at radius 1 is 1.05 bits per heavy atom. The minimum atomic E-state index is 0.518. The lowest BCUT2D eigenvalue weighted by molar-refractivity contribution is 0.436. The van der Waals surface area contributed by atoms with Crippen molar-refractivity contribution in [3.63, 3.8) is 0 Å². The van der Waals surface area contributed by atoms with Gasteiger partial charge in [0.05, 0.1) is 10.2 Å². The van der Waals surface area contributed by atoms with Crippen molar-refractivity contribution in [1.82, 2.24) is 4.98 Å². The zero-order valence-corrected chi connectivity index (χ0v) is 14.1. The van der Waals surface area contributed by atoms with Gasteiger partial charge in [0.15, 0.2) is 0 Å². The third-order valence-electron chi connectivity index (χ3n) is 4.06. The Labute approximate surface area is 139 Å². The summed E-state index contributed by atoms with van der Waals surface area (Å²) in [7, 11) is 0. The summed E-state index contributed by atoms with van der Waals surface area (Å²) in [4.78, 5) is 6.57. The molecule has 1 heterocycles. The van der Waals surface area contributed by atoms with Crippen molar-refractivity contribution in [3.8, 4) is 0 Å². The van der Waals surface area contributed by atoms with Gasteiger partial charge >= 0.3 is 0 Å². The molecule has 1 aliphatic carbocycles. The average Bonchev–Trinajstić information content (AvgIpc) is 2.54. The van der Waals surface area contributed by atoms with Crippen LogP contribution in [0, 0.1) is 0 Å². The van der Waals surface area contributed by atoms with Gasteiger partial charge in [-0.25, -0.2) is 4.98 Å². The molecule has 0 saturated heterocycles. The Bertz CT molecular complexity index is 597. The highest BCUT2D eigenvalue weighted by Crippen LogP contribution is 2.39. The molecule has 2 nitrogen and oxygen atoms in total. The predicted molar refractivity (Wildman–Crippen MR) is 92.4 cm³/mol. The Morgan fingerprint density at radius 3 is 2.48 bits per heavy atom. The van der Waals surface area contributed by atoms with Crippen molar-refractivity contribution in [2.75, 3.05) is 4.90 Å². The van der Waals surface area contributed by atoms with E-state index in [1.165, 1.54) is 37.8 Å². The molecule has 0 unspecified atom stereocenters. The van der Waals surface area contributed by atoms with Gasteiger partial charge in [-0.05, 0) is 47.0 Å². The topological polar surface area (TPSA) is 16.1 Å². The first-order chi connectivity index (χ1) is 10.3. The van der Waals surface area contributed by atoms with Crippen molar-refractivity contribution >= 4 is 38.9 Å². The molecule has 0 bridgehead atoms. The summed E-state index contributed by atoms with van der Waals surface area (Å²) in [5.74, 6) is 0. The van der Waals surface area contributed by atoms with Crippen LogP contribution in [0.1, 0.15) is 32.1 Å². The average molecular weight is 366 g/mol. The lowest BCUT2D eigenvalue weighted by Crippen LogP contribution is -2.33. The monoisotopic (exact) mass is 364 g/mol. The molecule has 0 atom stereocenters. The van der Waals surface area contributed by atoms with Gasteiger partial charge in [-0.15, -0.1) is 0 Å². The lowest BCUT2D eigenvalue weighted by atomic mass is 9.93. The summed E-state index contributed by atoms with van der Waals surface area (Å²) in [5, 5.41) is 0.518. The number of para-hydroxylation sites is 1. The maximum Gasteiger partial charge on any atom is 0.145 e. The van der Waals surface area contributed by atoms with E-state index in [0.717, 1.165) is 10.2 Å². The van der Waals surface area contributed by atoms with E-state index >= 15 is 0 Å². The lowest BCUT2D eigenvalue weighted by Gasteiger charge is -2.36. The van der Waals surface area contributed by atoms with Gasteiger partial charge in [-0.2, -0.15) is 0 Å². The second-order valence-electron chi connectivity index (χ2n) is 5.43. The number of hydrogen-bond acceptors (Lipinski definition) is 2. The van der Waals surface area contributed by atoms with Crippen LogP contribution < -0.4 is 4.90 Å². The Balaban J connectivity index is 2.05. The molecule has 4 heteroatoms. The molecule has 1 aromatic carbocycles. The van der Waals surface area contributed by atoms with E-state index in [1.807, 2.05) is 6.07 Å². The highest BCUT2D eigenvalue weighted by molar-refractivity contribution is 9.10. The molecule has 1 fully saturated rings. The molecule has 1 saturated carbocycles. The van der Waals surface area contributed by atoms with Crippen LogP contribution in [0.2, 0.25) is 5.15 Å². The second kappa shape index (κ2) is 6.80. The summed E-state index contributed by atoms with van der Waals surface area (Å²) < 4.78 is 0.876. The van der Waals surface area contributed by atoms with E-state index < -0.39 is 0 Å². The molecule has 0 aliphatic heterocycles. The summed E-state index contributed by atoms with van der Waals surface area (Å²) in [5.41, 5.74) is 2.32. The Hall–Kier alpha value is -1.06. The zero-order valence-electron chi connectivity index (χ0n) is 11.8. The minimum Gasteiger partial charge on any atom is -0.337 e. The van der Waals surface area contributed by atoms with E-state index in [1.54, 1.807) is 6.20 Å². The van der Waals surface area contributed by atoms with Crippen molar-refractivity contribution < 1.29 is 0 Å². The molecule has 1 aliphatic rings. The highest BCUT2D eigenvalue weighted by atomic mass is 79.9. The molecular weight excluding hydrogens is 348 g/mol. The first-order valence-corrected chi connectivity index (χ1v) is 8.59. The van der Waals surface area contributed by atoms with Crippen LogP contribution in [-0.2, 0) is 0 Å². The van der Waals surface area contributed by atoms with E-state index in [-0.39, 0.29) is 0 Å². The molecule has 0 amide bonds. The second-order valence-corrected chi connectivity index (χ2v) is 6.58. The smallest absolute Gasteiger partial charge is 0.145 e. The predicted octanol–water partition coefficient (Wildman–Crippen LogP) is 5.97. The Kier molecular flexibility index (Phi) is 4.81. The third kappa shape index (κ3) is 3.24. The number of rotatable bonds is 3. The standard InChI is InChI=1S/C17H18BrClN2/c18-16-15(11-12-20-17(16)19)21(13-7-3-1-4-8-13)14-9-5-2-6-10-14/h1,3-4,7-8,11-12,14H,2,5-6,9-10H2. The molecule has 3 rings (SSSR count). The highest BCUT2D eigenvalue weighted by Gasteiger charge is 2.25. The zero-order chi connectivity index (χ0) is 14.7.